The number of ether oxygens (including phenoxy) is 1. The van der Waals surface area contributed by atoms with Crippen LogP contribution in [0, 0.1) is 13.8 Å². The molecule has 0 amide bonds. The van der Waals surface area contributed by atoms with E-state index in [1.165, 1.54) is 16.9 Å². The van der Waals surface area contributed by atoms with E-state index in [4.69, 9.17) is 25.7 Å². The molecule has 35 heavy (non-hydrogen) atoms. The predicted molar refractivity (Wildman–Crippen MR) is 139 cm³/mol. The van der Waals surface area contributed by atoms with Gasteiger partial charge < -0.3 is 15.4 Å². The second kappa shape index (κ2) is 10.1. The third kappa shape index (κ3) is 4.75. The first kappa shape index (κ1) is 23.4. The number of methoxy groups -OCH3 is 1. The molecule has 0 spiro atoms. The molecular weight excluding hydrogens is 438 g/mol. The van der Waals surface area contributed by atoms with Crippen molar-refractivity contribution in [3.63, 3.8) is 0 Å². The fraction of sp³-hybridized carbons (Fsp3) is 0.444. The number of unbranched alkanes of at least 4 members (excludes halogenated alkanes) is 2. The Hall–Kier alpha value is -3.39. The highest BCUT2D eigenvalue weighted by atomic mass is 16.5. The third-order valence-electron chi connectivity index (χ3n) is 6.96. The molecule has 184 valence electrons. The molecule has 0 radical (unpaired) electrons. The number of benzene rings is 1. The third-order valence-corrected chi connectivity index (χ3v) is 6.96. The van der Waals surface area contributed by atoms with Crippen LogP contribution in [0.4, 0.5) is 5.69 Å². The highest BCUT2D eigenvalue weighted by Gasteiger charge is 2.25. The Kier molecular flexibility index (Phi) is 6.72. The molecule has 0 saturated carbocycles. The average Bonchev–Trinajstić information content (AvgIpc) is 3.42. The van der Waals surface area contributed by atoms with Crippen molar-refractivity contribution in [2.24, 2.45) is 5.73 Å². The highest BCUT2D eigenvalue weighted by molar-refractivity contribution is 5.90. The molecule has 0 fully saturated rings. The topological polar surface area (TPSA) is 87.0 Å². The van der Waals surface area contributed by atoms with Gasteiger partial charge in [-0.15, -0.1) is 0 Å². The molecule has 0 saturated heterocycles. The molecule has 2 N–H and O–H groups in total. The summed E-state index contributed by atoms with van der Waals surface area (Å²) in [5, 5.41) is 10.7. The summed E-state index contributed by atoms with van der Waals surface area (Å²) in [5.41, 5.74) is 13.8. The molecule has 0 bridgehead atoms. The molecule has 4 aromatic rings. The number of aryl methyl sites for hydroxylation is 3. The monoisotopic (exact) mass is 473 g/mol. The minimum atomic E-state index is 0.670. The molecule has 0 atom stereocenters. The van der Waals surface area contributed by atoms with Gasteiger partial charge in [-0.1, -0.05) is 18.6 Å². The Labute approximate surface area is 206 Å². The Morgan fingerprint density at radius 1 is 1.06 bits per heavy atom. The number of anilines is 1. The lowest BCUT2D eigenvalue weighted by Crippen LogP contribution is -2.31. The van der Waals surface area contributed by atoms with Gasteiger partial charge in [-0.2, -0.15) is 10.2 Å². The number of hydrogen-bond acceptors (Lipinski definition) is 6. The van der Waals surface area contributed by atoms with E-state index < -0.39 is 0 Å². The summed E-state index contributed by atoms with van der Waals surface area (Å²) in [6, 6.07) is 10.3. The van der Waals surface area contributed by atoms with Gasteiger partial charge in [-0.05, 0) is 57.0 Å². The molecule has 1 aromatic carbocycles. The fourth-order valence-electron chi connectivity index (χ4n) is 5.07. The quantitative estimate of drug-likeness (QED) is 0.370. The predicted octanol–water partition coefficient (Wildman–Crippen LogP) is 3.99. The van der Waals surface area contributed by atoms with Crippen molar-refractivity contribution in [1.82, 2.24) is 24.5 Å². The normalized spacial score (nSPS) is 13.4. The molecule has 0 unspecified atom stereocenters. The minimum absolute atomic E-state index is 0.670. The Morgan fingerprint density at radius 3 is 2.66 bits per heavy atom. The zero-order chi connectivity index (χ0) is 24.4. The second-order valence-corrected chi connectivity index (χ2v) is 9.43. The summed E-state index contributed by atoms with van der Waals surface area (Å²) in [7, 11) is 1.68. The molecule has 4 heterocycles. The van der Waals surface area contributed by atoms with Crippen molar-refractivity contribution in [3.8, 4) is 5.75 Å². The summed E-state index contributed by atoms with van der Waals surface area (Å²) in [6.07, 6.45) is 6.33. The van der Waals surface area contributed by atoms with E-state index in [1.54, 1.807) is 7.11 Å². The van der Waals surface area contributed by atoms with Crippen LogP contribution in [0.2, 0.25) is 0 Å². The maximum absolute atomic E-state index is 5.65. The van der Waals surface area contributed by atoms with Crippen molar-refractivity contribution in [3.05, 3.63) is 64.7 Å². The molecule has 1 aliphatic heterocycles. The average molecular weight is 474 g/mol. The zero-order valence-electron chi connectivity index (χ0n) is 21.0. The van der Waals surface area contributed by atoms with Crippen LogP contribution < -0.4 is 15.4 Å². The lowest BCUT2D eigenvalue weighted by atomic mass is 10.0. The van der Waals surface area contributed by atoms with Gasteiger partial charge in [0.1, 0.15) is 5.75 Å². The van der Waals surface area contributed by atoms with Crippen molar-refractivity contribution in [2.75, 3.05) is 25.1 Å². The van der Waals surface area contributed by atoms with Crippen molar-refractivity contribution >= 4 is 16.7 Å². The van der Waals surface area contributed by atoms with Gasteiger partial charge in [0.25, 0.3) is 0 Å². The number of hydrogen-bond donors (Lipinski definition) is 1. The van der Waals surface area contributed by atoms with Gasteiger partial charge in [-0.3, -0.25) is 4.68 Å². The van der Waals surface area contributed by atoms with Gasteiger partial charge in [0.15, 0.2) is 5.65 Å². The summed E-state index contributed by atoms with van der Waals surface area (Å²) in [5.74, 6) is 0.856. The standard InChI is InChI=1S/C27H35N7O/c1-19-15-26(23-16-29-34(27(23)30-19)17-21-7-9-22(35-3)10-8-21)32-14-11-25-24(18-32)20(2)31-33(25)13-6-4-5-12-28/h7-10,15-16H,4-6,11-14,17-18,28H2,1-3H3. The Morgan fingerprint density at radius 2 is 1.89 bits per heavy atom. The number of nitrogens with zero attached hydrogens (tertiary/aromatic N) is 6. The van der Waals surface area contributed by atoms with E-state index in [-0.39, 0.29) is 0 Å². The second-order valence-electron chi connectivity index (χ2n) is 9.43. The van der Waals surface area contributed by atoms with Gasteiger partial charge in [0.2, 0.25) is 0 Å². The minimum Gasteiger partial charge on any atom is -0.497 e. The molecule has 8 heteroatoms. The lowest BCUT2D eigenvalue weighted by molar-refractivity contribution is 0.414. The highest BCUT2D eigenvalue weighted by Crippen LogP contribution is 2.32. The summed E-state index contributed by atoms with van der Waals surface area (Å²) >= 11 is 0. The fourth-order valence-corrected chi connectivity index (χ4v) is 5.07. The molecular formula is C27H35N7O. The number of rotatable bonds is 9. The lowest BCUT2D eigenvalue weighted by Gasteiger charge is -2.30. The summed E-state index contributed by atoms with van der Waals surface area (Å²) < 4.78 is 9.51. The maximum atomic E-state index is 5.65. The molecule has 0 aliphatic carbocycles. The first-order valence-electron chi connectivity index (χ1n) is 12.5. The van der Waals surface area contributed by atoms with Gasteiger partial charge in [0, 0.05) is 43.0 Å². The van der Waals surface area contributed by atoms with Gasteiger partial charge in [0.05, 0.1) is 36.6 Å². The Bertz CT molecular complexity index is 1310. The van der Waals surface area contributed by atoms with Crippen LogP contribution in [0.25, 0.3) is 11.0 Å². The van der Waals surface area contributed by atoms with E-state index in [2.05, 4.69) is 41.6 Å². The number of fused-ring (bicyclic) bond motifs is 2. The molecule has 8 nitrogen and oxygen atoms in total. The van der Waals surface area contributed by atoms with Crippen LogP contribution in [0.3, 0.4) is 0 Å². The maximum Gasteiger partial charge on any atom is 0.160 e. The SMILES string of the molecule is COc1ccc(Cn2ncc3c(N4CCc5c(c(C)nn5CCCCCN)C4)cc(C)nc32)cc1. The summed E-state index contributed by atoms with van der Waals surface area (Å²) in [6.45, 7) is 8.44. The van der Waals surface area contributed by atoms with Crippen LogP contribution in [0.1, 0.15) is 47.5 Å². The molecule has 3 aromatic heterocycles. The molecule has 1 aliphatic rings. The van der Waals surface area contributed by atoms with E-state index >= 15 is 0 Å². The Balaban J connectivity index is 1.39. The van der Waals surface area contributed by atoms with E-state index in [0.717, 1.165) is 85.6 Å². The van der Waals surface area contributed by atoms with Crippen LogP contribution in [-0.2, 0) is 26.1 Å². The van der Waals surface area contributed by atoms with E-state index in [9.17, 15) is 0 Å². The smallest absolute Gasteiger partial charge is 0.160 e. The van der Waals surface area contributed by atoms with Crippen molar-refractivity contribution in [1.29, 1.82) is 0 Å². The van der Waals surface area contributed by atoms with Crippen molar-refractivity contribution in [2.45, 2.75) is 59.2 Å². The first-order valence-corrected chi connectivity index (χ1v) is 12.5. The van der Waals surface area contributed by atoms with E-state index in [0.29, 0.717) is 6.54 Å². The number of aromatic nitrogens is 5. The van der Waals surface area contributed by atoms with Crippen LogP contribution >= 0.6 is 0 Å². The first-order chi connectivity index (χ1) is 17.1. The van der Waals surface area contributed by atoms with Crippen LogP contribution in [-0.4, -0.2) is 44.7 Å². The number of nitrogens with two attached hydrogens (primary N) is 1. The van der Waals surface area contributed by atoms with Crippen LogP contribution in [0.5, 0.6) is 5.75 Å². The van der Waals surface area contributed by atoms with Gasteiger partial charge >= 0.3 is 0 Å². The van der Waals surface area contributed by atoms with Crippen molar-refractivity contribution < 1.29 is 4.74 Å². The van der Waals surface area contributed by atoms with Gasteiger partial charge in [-0.25, -0.2) is 9.67 Å². The number of pyridine rings is 1. The largest absolute Gasteiger partial charge is 0.497 e. The summed E-state index contributed by atoms with van der Waals surface area (Å²) in [4.78, 5) is 7.32. The van der Waals surface area contributed by atoms with Crippen LogP contribution in [0.15, 0.2) is 36.5 Å². The zero-order valence-corrected chi connectivity index (χ0v) is 21.0. The molecule has 5 rings (SSSR count). The van der Waals surface area contributed by atoms with E-state index in [1.807, 2.05) is 23.0 Å².